The molecule has 8 heteroatoms. The van der Waals surface area contributed by atoms with E-state index in [1.165, 1.54) is 24.7 Å². The second-order valence-corrected chi connectivity index (χ2v) is 6.85. The summed E-state index contributed by atoms with van der Waals surface area (Å²) in [6, 6.07) is 8.85. The van der Waals surface area contributed by atoms with Crippen LogP contribution in [-0.2, 0) is 14.1 Å². The molecule has 1 aliphatic rings. The van der Waals surface area contributed by atoms with Crippen molar-refractivity contribution in [2.45, 2.75) is 18.8 Å². The van der Waals surface area contributed by atoms with Crippen LogP contribution in [0.2, 0.25) is 0 Å². The van der Waals surface area contributed by atoms with Crippen molar-refractivity contribution in [3.8, 4) is 0 Å². The third-order valence-corrected chi connectivity index (χ3v) is 5.19. The number of carbonyl (C=O) groups excluding carboxylic acids is 1. The molecule has 1 fully saturated rings. The Morgan fingerprint density at radius 3 is 2.52 bits per heavy atom. The highest BCUT2D eigenvalue weighted by Gasteiger charge is 2.28. The van der Waals surface area contributed by atoms with Crippen LogP contribution in [0.25, 0.3) is 11.1 Å². The number of carbonyl (C=O) groups is 1. The van der Waals surface area contributed by atoms with Crippen LogP contribution in [-0.4, -0.2) is 38.0 Å². The SMILES string of the molecule is Cn1c(C(=O)N2CCC(c3nc4ccccc4o3)CC2)cc(=O)n(C)c1=O. The molecule has 27 heavy (non-hydrogen) atoms. The Morgan fingerprint density at radius 1 is 1.11 bits per heavy atom. The molecule has 2 aromatic heterocycles. The summed E-state index contributed by atoms with van der Waals surface area (Å²) < 4.78 is 8.05. The first-order chi connectivity index (χ1) is 13.0. The number of benzene rings is 1. The molecule has 1 amide bonds. The molecule has 1 aliphatic heterocycles. The minimum absolute atomic E-state index is 0.114. The van der Waals surface area contributed by atoms with Gasteiger partial charge in [0.2, 0.25) is 0 Å². The monoisotopic (exact) mass is 368 g/mol. The fraction of sp³-hybridized carbons (Fsp3) is 0.368. The average Bonchev–Trinajstić information content (AvgIpc) is 3.13. The highest BCUT2D eigenvalue weighted by Crippen LogP contribution is 2.30. The molecule has 4 rings (SSSR count). The lowest BCUT2D eigenvalue weighted by Gasteiger charge is -2.31. The topological polar surface area (TPSA) is 90.3 Å². The van der Waals surface area contributed by atoms with E-state index in [1.54, 1.807) is 4.90 Å². The van der Waals surface area contributed by atoms with Crippen LogP contribution < -0.4 is 11.2 Å². The Morgan fingerprint density at radius 2 is 1.81 bits per heavy atom. The van der Waals surface area contributed by atoms with Crippen LogP contribution in [0, 0.1) is 0 Å². The minimum atomic E-state index is -0.507. The second kappa shape index (κ2) is 6.53. The summed E-state index contributed by atoms with van der Waals surface area (Å²) >= 11 is 0. The number of hydrogen-bond donors (Lipinski definition) is 0. The molecule has 0 N–H and O–H groups in total. The van der Waals surface area contributed by atoms with Gasteiger partial charge in [-0.25, -0.2) is 9.78 Å². The van der Waals surface area contributed by atoms with Gasteiger partial charge in [0.15, 0.2) is 11.5 Å². The van der Waals surface area contributed by atoms with Gasteiger partial charge in [-0.1, -0.05) is 12.1 Å². The molecule has 3 heterocycles. The van der Waals surface area contributed by atoms with Crippen molar-refractivity contribution in [3.63, 3.8) is 0 Å². The Kier molecular flexibility index (Phi) is 4.18. The summed E-state index contributed by atoms with van der Waals surface area (Å²) in [5.41, 5.74) is 0.723. The van der Waals surface area contributed by atoms with Crippen molar-refractivity contribution in [2.75, 3.05) is 13.1 Å². The Bertz CT molecular complexity index is 1100. The zero-order valence-corrected chi connectivity index (χ0v) is 15.2. The van der Waals surface area contributed by atoms with Crippen LogP contribution in [0.5, 0.6) is 0 Å². The molecule has 0 atom stereocenters. The number of fused-ring (bicyclic) bond motifs is 1. The zero-order chi connectivity index (χ0) is 19.1. The van der Waals surface area contributed by atoms with Crippen LogP contribution in [0.3, 0.4) is 0 Å². The first kappa shape index (κ1) is 17.3. The van der Waals surface area contributed by atoms with Crippen molar-refractivity contribution >= 4 is 17.0 Å². The number of rotatable bonds is 2. The molecular formula is C19H20N4O4. The van der Waals surface area contributed by atoms with Gasteiger partial charge in [0, 0.05) is 39.2 Å². The van der Waals surface area contributed by atoms with E-state index in [1.807, 2.05) is 24.3 Å². The first-order valence-corrected chi connectivity index (χ1v) is 8.87. The van der Waals surface area contributed by atoms with E-state index in [2.05, 4.69) is 4.98 Å². The van der Waals surface area contributed by atoms with Gasteiger partial charge < -0.3 is 9.32 Å². The molecule has 8 nitrogen and oxygen atoms in total. The fourth-order valence-corrected chi connectivity index (χ4v) is 3.49. The third-order valence-electron chi connectivity index (χ3n) is 5.19. The Labute approximate surface area is 154 Å². The van der Waals surface area contributed by atoms with Crippen molar-refractivity contribution in [1.82, 2.24) is 19.0 Å². The van der Waals surface area contributed by atoms with E-state index in [-0.39, 0.29) is 17.5 Å². The largest absolute Gasteiger partial charge is 0.440 e. The third kappa shape index (κ3) is 2.97. The summed E-state index contributed by atoms with van der Waals surface area (Å²) in [5.74, 6) is 0.543. The number of para-hydroxylation sites is 2. The van der Waals surface area contributed by atoms with Gasteiger partial charge in [0.1, 0.15) is 11.2 Å². The Hall–Kier alpha value is -3.16. The quantitative estimate of drug-likeness (QED) is 0.679. The van der Waals surface area contributed by atoms with Gasteiger partial charge in [-0.15, -0.1) is 0 Å². The molecule has 0 spiro atoms. The summed E-state index contributed by atoms with van der Waals surface area (Å²) in [6.07, 6.45) is 1.44. The number of hydrogen-bond acceptors (Lipinski definition) is 5. The van der Waals surface area contributed by atoms with Crippen LogP contribution >= 0.6 is 0 Å². The highest BCUT2D eigenvalue weighted by atomic mass is 16.3. The maximum absolute atomic E-state index is 12.8. The zero-order valence-electron chi connectivity index (χ0n) is 15.2. The molecule has 0 bridgehead atoms. The van der Waals surface area contributed by atoms with Gasteiger partial charge in [-0.3, -0.25) is 18.7 Å². The van der Waals surface area contributed by atoms with Gasteiger partial charge in [-0.05, 0) is 25.0 Å². The lowest BCUT2D eigenvalue weighted by molar-refractivity contribution is 0.0694. The maximum Gasteiger partial charge on any atom is 0.331 e. The summed E-state index contributed by atoms with van der Waals surface area (Å²) in [4.78, 5) is 43.0. The van der Waals surface area contributed by atoms with Gasteiger partial charge in [-0.2, -0.15) is 0 Å². The normalized spacial score (nSPS) is 15.4. The van der Waals surface area contributed by atoms with E-state index < -0.39 is 11.2 Å². The summed E-state index contributed by atoms with van der Waals surface area (Å²) in [6.45, 7) is 1.04. The molecule has 0 radical (unpaired) electrons. The van der Waals surface area contributed by atoms with Crippen LogP contribution in [0.15, 0.2) is 44.3 Å². The van der Waals surface area contributed by atoms with Crippen molar-refractivity contribution < 1.29 is 9.21 Å². The summed E-state index contributed by atoms with van der Waals surface area (Å²) in [7, 11) is 2.89. The number of aromatic nitrogens is 3. The molecule has 0 saturated carbocycles. The van der Waals surface area contributed by atoms with Gasteiger partial charge in [0.25, 0.3) is 11.5 Å². The number of likely N-dealkylation sites (tertiary alicyclic amines) is 1. The predicted molar refractivity (Wildman–Crippen MR) is 98.8 cm³/mol. The van der Waals surface area contributed by atoms with Crippen LogP contribution in [0.4, 0.5) is 0 Å². The van der Waals surface area contributed by atoms with E-state index in [4.69, 9.17) is 4.42 Å². The van der Waals surface area contributed by atoms with Crippen molar-refractivity contribution in [1.29, 1.82) is 0 Å². The smallest absolute Gasteiger partial charge is 0.331 e. The van der Waals surface area contributed by atoms with E-state index >= 15 is 0 Å². The molecule has 140 valence electrons. The lowest BCUT2D eigenvalue weighted by Crippen LogP contribution is -2.44. The predicted octanol–water partition coefficient (Wildman–Crippen LogP) is 1.24. The summed E-state index contributed by atoms with van der Waals surface area (Å²) in [5, 5.41) is 0. The minimum Gasteiger partial charge on any atom is -0.440 e. The van der Waals surface area contributed by atoms with E-state index in [0.29, 0.717) is 19.0 Å². The van der Waals surface area contributed by atoms with Crippen molar-refractivity contribution in [2.24, 2.45) is 14.1 Å². The number of piperidine rings is 1. The molecule has 0 unspecified atom stereocenters. The van der Waals surface area contributed by atoms with Gasteiger partial charge >= 0.3 is 5.69 Å². The second-order valence-electron chi connectivity index (χ2n) is 6.85. The van der Waals surface area contributed by atoms with Crippen LogP contribution in [0.1, 0.15) is 35.1 Å². The molecular weight excluding hydrogens is 348 g/mol. The Balaban J connectivity index is 1.51. The number of oxazole rings is 1. The lowest BCUT2D eigenvalue weighted by atomic mass is 9.96. The van der Waals surface area contributed by atoms with Crippen molar-refractivity contribution in [3.05, 3.63) is 62.8 Å². The average molecular weight is 368 g/mol. The number of nitrogens with zero attached hydrogens (tertiary/aromatic N) is 4. The van der Waals surface area contributed by atoms with E-state index in [0.717, 1.165) is 28.5 Å². The molecule has 0 aliphatic carbocycles. The molecule has 3 aromatic rings. The maximum atomic E-state index is 12.8. The first-order valence-electron chi connectivity index (χ1n) is 8.87. The standard InChI is InChI=1S/C19H20N4O4/c1-21-14(11-16(24)22(2)19(21)26)18(25)23-9-7-12(8-10-23)17-20-13-5-3-4-6-15(13)27-17/h3-6,11-12H,7-10H2,1-2H3. The van der Waals surface area contributed by atoms with E-state index in [9.17, 15) is 14.4 Å². The highest BCUT2D eigenvalue weighted by molar-refractivity contribution is 5.92. The fourth-order valence-electron chi connectivity index (χ4n) is 3.49. The van der Waals surface area contributed by atoms with Gasteiger partial charge in [0.05, 0.1) is 0 Å². The molecule has 1 aromatic carbocycles. The molecule has 1 saturated heterocycles. The number of amides is 1.